The first-order valence-corrected chi connectivity index (χ1v) is 9.84. The highest BCUT2D eigenvalue weighted by atomic mass is 32.2. The van der Waals surface area contributed by atoms with Gasteiger partial charge in [-0.1, -0.05) is 32.9 Å². The van der Waals surface area contributed by atoms with Crippen LogP contribution in [0, 0.1) is 11.3 Å². The highest BCUT2D eigenvalue weighted by Crippen LogP contribution is 2.33. The van der Waals surface area contributed by atoms with E-state index in [1.54, 1.807) is 17.8 Å². The summed E-state index contributed by atoms with van der Waals surface area (Å²) in [4.78, 5) is 13.3. The average Bonchev–Trinajstić information content (AvgIpc) is 2.58. The molecule has 0 aromatic heterocycles. The minimum Gasteiger partial charge on any atom is -0.377 e. The van der Waals surface area contributed by atoms with Crippen LogP contribution in [0.25, 0.3) is 6.08 Å². The molecule has 4 heteroatoms. The molecule has 1 aromatic carbocycles. The molecule has 1 saturated heterocycles. The Kier molecular flexibility index (Phi) is 6.93. The molecule has 1 N–H and O–H groups in total. The summed E-state index contributed by atoms with van der Waals surface area (Å²) in [6, 6.07) is 8.19. The zero-order valence-electron chi connectivity index (χ0n) is 15.2. The quantitative estimate of drug-likeness (QED) is 0.634. The van der Waals surface area contributed by atoms with Crippen molar-refractivity contribution in [3.05, 3.63) is 35.9 Å². The highest BCUT2D eigenvalue weighted by molar-refractivity contribution is 7.98. The molecule has 2 rings (SSSR count). The van der Waals surface area contributed by atoms with E-state index in [1.807, 2.05) is 18.2 Å². The van der Waals surface area contributed by atoms with Crippen LogP contribution in [0.1, 0.15) is 39.2 Å². The number of carbonyl (C=O) groups excluding carboxylic acids is 1. The van der Waals surface area contributed by atoms with E-state index in [-0.39, 0.29) is 17.4 Å². The first kappa shape index (κ1) is 19.1. The molecule has 1 heterocycles. The highest BCUT2D eigenvalue weighted by Gasteiger charge is 2.35. The second-order valence-corrected chi connectivity index (χ2v) is 8.29. The summed E-state index contributed by atoms with van der Waals surface area (Å²) in [6.45, 7) is 8.12. The maximum absolute atomic E-state index is 12.1. The molecule has 1 aromatic rings. The second kappa shape index (κ2) is 8.72. The van der Waals surface area contributed by atoms with Crippen LogP contribution in [-0.2, 0) is 9.53 Å². The Balaban J connectivity index is 1.86. The predicted octanol–water partition coefficient (Wildman–Crippen LogP) is 4.38. The van der Waals surface area contributed by atoms with Crippen LogP contribution in [0.15, 0.2) is 35.2 Å². The largest absolute Gasteiger partial charge is 0.377 e. The zero-order chi connectivity index (χ0) is 17.6. The lowest BCUT2D eigenvalue weighted by atomic mass is 9.78. The van der Waals surface area contributed by atoms with Gasteiger partial charge in [0, 0.05) is 30.0 Å². The smallest absolute Gasteiger partial charge is 0.244 e. The van der Waals surface area contributed by atoms with Crippen molar-refractivity contribution in [1.82, 2.24) is 5.32 Å². The summed E-state index contributed by atoms with van der Waals surface area (Å²) >= 11 is 1.71. The Morgan fingerprint density at radius 2 is 2.04 bits per heavy atom. The topological polar surface area (TPSA) is 38.3 Å². The fourth-order valence-corrected chi connectivity index (χ4v) is 3.60. The number of amides is 1. The van der Waals surface area contributed by atoms with Crippen LogP contribution in [0.3, 0.4) is 0 Å². The first-order valence-electron chi connectivity index (χ1n) is 8.61. The van der Waals surface area contributed by atoms with Crippen LogP contribution < -0.4 is 5.32 Å². The van der Waals surface area contributed by atoms with Gasteiger partial charge in [0.2, 0.25) is 5.91 Å². The van der Waals surface area contributed by atoms with Gasteiger partial charge in [-0.2, -0.15) is 0 Å². The average molecular weight is 348 g/mol. The van der Waals surface area contributed by atoms with Gasteiger partial charge in [-0.15, -0.1) is 11.8 Å². The molecular formula is C20H29NO2S. The van der Waals surface area contributed by atoms with E-state index in [4.69, 9.17) is 4.74 Å². The number of benzene rings is 1. The maximum Gasteiger partial charge on any atom is 0.244 e. The summed E-state index contributed by atoms with van der Waals surface area (Å²) in [5.41, 5.74) is 1.14. The Labute approximate surface area is 150 Å². The second-order valence-electron chi connectivity index (χ2n) is 7.41. The lowest BCUT2D eigenvalue weighted by Gasteiger charge is -2.40. The number of nitrogens with one attached hydrogen (secondary N) is 1. The third kappa shape index (κ3) is 5.67. The Morgan fingerprint density at radius 1 is 1.33 bits per heavy atom. The molecule has 1 fully saturated rings. The van der Waals surface area contributed by atoms with Crippen molar-refractivity contribution in [2.45, 2.75) is 44.6 Å². The number of hydrogen-bond acceptors (Lipinski definition) is 3. The molecule has 0 radical (unpaired) electrons. The molecule has 132 valence electrons. The number of hydrogen-bond donors (Lipinski definition) is 1. The van der Waals surface area contributed by atoms with E-state index in [1.165, 1.54) is 4.90 Å². The van der Waals surface area contributed by atoms with Gasteiger partial charge in [-0.3, -0.25) is 4.79 Å². The standard InChI is InChI=1S/C20H29NO2S/c1-20(2,3)19-16(6-5-13-23-19)14-21-18(22)12-9-15-7-10-17(24-4)11-8-15/h7-12,16,19H,5-6,13-14H2,1-4H3,(H,21,22)/b12-9+. The molecule has 1 amide bonds. The van der Waals surface area contributed by atoms with Crippen LogP contribution in [0.4, 0.5) is 0 Å². The Bertz CT molecular complexity index is 560. The predicted molar refractivity (Wildman–Crippen MR) is 102 cm³/mol. The maximum atomic E-state index is 12.1. The van der Waals surface area contributed by atoms with Gasteiger partial charge < -0.3 is 10.1 Å². The minimum atomic E-state index is -0.0397. The lowest BCUT2D eigenvalue weighted by Crippen LogP contribution is -2.45. The van der Waals surface area contributed by atoms with Crippen LogP contribution in [-0.4, -0.2) is 31.4 Å². The van der Waals surface area contributed by atoms with Crippen molar-refractivity contribution in [2.75, 3.05) is 19.4 Å². The molecule has 0 spiro atoms. The number of rotatable bonds is 5. The summed E-state index contributed by atoms with van der Waals surface area (Å²) in [5, 5.41) is 3.04. The molecule has 3 nitrogen and oxygen atoms in total. The van der Waals surface area contributed by atoms with Crippen LogP contribution >= 0.6 is 11.8 Å². The van der Waals surface area contributed by atoms with Crippen molar-refractivity contribution in [1.29, 1.82) is 0 Å². The van der Waals surface area contributed by atoms with E-state index < -0.39 is 0 Å². The first-order chi connectivity index (χ1) is 11.4. The van der Waals surface area contributed by atoms with Crippen LogP contribution in [0.5, 0.6) is 0 Å². The number of ether oxygens (including phenoxy) is 1. The van der Waals surface area contributed by atoms with Crippen molar-refractivity contribution in [2.24, 2.45) is 11.3 Å². The molecule has 2 atom stereocenters. The third-order valence-corrected chi connectivity index (χ3v) is 5.12. The van der Waals surface area contributed by atoms with Gasteiger partial charge in [-0.05, 0) is 48.3 Å². The SMILES string of the molecule is CSc1ccc(/C=C/C(=O)NCC2CCCOC2C(C)(C)C)cc1. The molecule has 1 aliphatic rings. The number of carbonyl (C=O) groups is 1. The molecular weight excluding hydrogens is 318 g/mol. The van der Waals surface area contributed by atoms with Crippen molar-refractivity contribution < 1.29 is 9.53 Å². The van der Waals surface area contributed by atoms with E-state index in [9.17, 15) is 4.79 Å². The minimum absolute atomic E-state index is 0.0397. The van der Waals surface area contributed by atoms with Crippen molar-refractivity contribution in [3.8, 4) is 0 Å². The molecule has 2 unspecified atom stereocenters. The summed E-state index contributed by atoms with van der Waals surface area (Å²) < 4.78 is 5.97. The zero-order valence-corrected chi connectivity index (χ0v) is 16.0. The van der Waals surface area contributed by atoms with Gasteiger partial charge in [0.1, 0.15) is 0 Å². The summed E-state index contributed by atoms with van der Waals surface area (Å²) in [5.74, 6) is 0.346. The van der Waals surface area contributed by atoms with Crippen LogP contribution in [0.2, 0.25) is 0 Å². The van der Waals surface area contributed by atoms with Gasteiger partial charge in [-0.25, -0.2) is 0 Å². The molecule has 1 aliphatic heterocycles. The molecule has 0 aliphatic carbocycles. The van der Waals surface area contributed by atoms with Crippen molar-refractivity contribution >= 4 is 23.7 Å². The fraction of sp³-hybridized carbons (Fsp3) is 0.550. The monoisotopic (exact) mass is 347 g/mol. The van der Waals surface area contributed by atoms with Gasteiger partial charge in [0.25, 0.3) is 0 Å². The lowest BCUT2D eigenvalue weighted by molar-refractivity contribution is -0.118. The Morgan fingerprint density at radius 3 is 2.67 bits per heavy atom. The van der Waals surface area contributed by atoms with E-state index in [2.05, 4.69) is 44.5 Å². The van der Waals surface area contributed by atoms with Crippen molar-refractivity contribution in [3.63, 3.8) is 0 Å². The Hall–Kier alpha value is -1.26. The van der Waals surface area contributed by atoms with E-state index in [0.29, 0.717) is 12.5 Å². The number of thioether (sulfide) groups is 1. The van der Waals surface area contributed by atoms with Gasteiger partial charge in [0.15, 0.2) is 0 Å². The summed E-state index contributed by atoms with van der Waals surface area (Å²) in [7, 11) is 0. The van der Waals surface area contributed by atoms with Gasteiger partial charge in [0.05, 0.1) is 6.10 Å². The molecule has 0 bridgehead atoms. The third-order valence-electron chi connectivity index (χ3n) is 4.38. The fourth-order valence-electron chi connectivity index (χ4n) is 3.19. The summed E-state index contributed by atoms with van der Waals surface area (Å²) in [6.07, 6.45) is 7.92. The molecule has 24 heavy (non-hydrogen) atoms. The normalized spacial score (nSPS) is 21.8. The van der Waals surface area contributed by atoms with Gasteiger partial charge >= 0.3 is 0 Å². The van der Waals surface area contributed by atoms with E-state index in [0.717, 1.165) is 25.0 Å². The van der Waals surface area contributed by atoms with E-state index >= 15 is 0 Å². The molecule has 0 saturated carbocycles.